The highest BCUT2D eigenvalue weighted by atomic mass is 79.9. The molecule has 0 saturated carbocycles. The van der Waals surface area contributed by atoms with Crippen LogP contribution in [0.25, 0.3) is 33.2 Å². The Hall–Kier alpha value is -3.52. The molecule has 0 aliphatic heterocycles. The van der Waals surface area contributed by atoms with E-state index in [-0.39, 0.29) is 5.56 Å². The Kier molecular flexibility index (Phi) is 6.03. The summed E-state index contributed by atoms with van der Waals surface area (Å²) in [6, 6.07) is 19.4. The van der Waals surface area contributed by atoms with Crippen LogP contribution in [0.5, 0.6) is 0 Å². The smallest absolute Gasteiger partial charge is 0.425 e. The number of aromatic amines is 1. The molecular formula is C25H25BrN4O3. The average Bonchev–Trinajstić information content (AvgIpc) is 3.14. The van der Waals surface area contributed by atoms with Crippen LogP contribution >= 0.6 is 15.9 Å². The van der Waals surface area contributed by atoms with Crippen molar-refractivity contribution in [3.05, 3.63) is 75.5 Å². The Morgan fingerprint density at radius 1 is 1.00 bits per heavy atom. The van der Waals surface area contributed by atoms with Gasteiger partial charge in [0.25, 0.3) is 5.56 Å². The van der Waals surface area contributed by atoms with E-state index in [4.69, 9.17) is 4.74 Å². The maximum absolute atomic E-state index is 13.8. The van der Waals surface area contributed by atoms with Gasteiger partial charge in [-0.2, -0.15) is 0 Å². The molecule has 4 aromatic rings. The molecule has 1 amide bonds. The number of nitrogens with one attached hydrogen (secondary N) is 3. The number of carbonyl (C=O) groups excluding carboxylic acids is 1. The van der Waals surface area contributed by atoms with Crippen LogP contribution in [0, 0.1) is 0 Å². The molecule has 0 unspecified atom stereocenters. The number of ether oxygens (including phenoxy) is 1. The van der Waals surface area contributed by atoms with Crippen molar-refractivity contribution in [2.75, 3.05) is 12.5 Å². The minimum Gasteiger partial charge on any atom is -0.452 e. The molecule has 1 heterocycles. The Morgan fingerprint density at radius 2 is 1.70 bits per heavy atom. The van der Waals surface area contributed by atoms with Crippen molar-refractivity contribution in [3.8, 4) is 22.4 Å². The zero-order valence-electron chi connectivity index (χ0n) is 18.8. The number of hydrogen-bond donors (Lipinski definition) is 3. The van der Waals surface area contributed by atoms with E-state index in [0.29, 0.717) is 22.5 Å². The lowest BCUT2D eigenvalue weighted by molar-refractivity contribution is 0.173. The Bertz CT molecular complexity index is 1380. The van der Waals surface area contributed by atoms with Crippen molar-refractivity contribution in [3.63, 3.8) is 0 Å². The predicted molar refractivity (Wildman–Crippen MR) is 135 cm³/mol. The van der Waals surface area contributed by atoms with Crippen LogP contribution in [-0.2, 0) is 10.3 Å². The van der Waals surface area contributed by atoms with Gasteiger partial charge < -0.3 is 4.74 Å². The summed E-state index contributed by atoms with van der Waals surface area (Å²) in [7, 11) is 1.29. The third-order valence-electron chi connectivity index (χ3n) is 5.36. The third kappa shape index (κ3) is 4.39. The van der Waals surface area contributed by atoms with E-state index in [1.54, 1.807) is 4.68 Å². The molecule has 8 heteroatoms. The number of anilines is 1. The number of carbonyl (C=O) groups is 1. The van der Waals surface area contributed by atoms with Gasteiger partial charge in [-0.15, -0.1) is 0 Å². The number of hydrazine groups is 1. The monoisotopic (exact) mass is 508 g/mol. The molecule has 1 aromatic heterocycles. The molecular weight excluding hydrogens is 484 g/mol. The summed E-state index contributed by atoms with van der Waals surface area (Å²) < 4.78 is 7.28. The molecule has 0 aliphatic carbocycles. The maximum atomic E-state index is 13.8. The molecule has 3 N–H and O–H groups in total. The number of H-pyrrole nitrogens is 1. The number of halogens is 1. The van der Waals surface area contributed by atoms with Gasteiger partial charge in [0.15, 0.2) is 0 Å². The van der Waals surface area contributed by atoms with Gasteiger partial charge in [0.05, 0.1) is 29.6 Å². The average molecular weight is 509 g/mol. The zero-order valence-corrected chi connectivity index (χ0v) is 20.4. The summed E-state index contributed by atoms with van der Waals surface area (Å²) >= 11 is 3.48. The first kappa shape index (κ1) is 22.7. The molecule has 0 bridgehead atoms. The van der Waals surface area contributed by atoms with Gasteiger partial charge in [0.2, 0.25) is 0 Å². The molecule has 3 aromatic carbocycles. The van der Waals surface area contributed by atoms with E-state index >= 15 is 0 Å². The van der Waals surface area contributed by atoms with Gasteiger partial charge >= 0.3 is 6.09 Å². The number of benzene rings is 3. The van der Waals surface area contributed by atoms with Crippen LogP contribution in [0.4, 0.5) is 10.5 Å². The normalized spacial score (nSPS) is 11.4. The first-order chi connectivity index (χ1) is 15.7. The van der Waals surface area contributed by atoms with Crippen molar-refractivity contribution in [1.29, 1.82) is 0 Å². The lowest BCUT2D eigenvalue weighted by Crippen LogP contribution is -2.33. The number of hydrogen-bond acceptors (Lipinski definition) is 4. The van der Waals surface area contributed by atoms with Gasteiger partial charge in [-0.1, -0.05) is 58.4 Å². The van der Waals surface area contributed by atoms with Crippen molar-refractivity contribution < 1.29 is 9.53 Å². The number of amides is 1. The number of rotatable bonds is 4. The van der Waals surface area contributed by atoms with Gasteiger partial charge in [0.1, 0.15) is 0 Å². The Morgan fingerprint density at radius 3 is 2.36 bits per heavy atom. The predicted octanol–water partition coefficient (Wildman–Crippen LogP) is 5.86. The highest BCUT2D eigenvalue weighted by molar-refractivity contribution is 9.10. The number of fused-ring (bicyclic) bond motifs is 1. The van der Waals surface area contributed by atoms with E-state index in [0.717, 1.165) is 20.8 Å². The van der Waals surface area contributed by atoms with Crippen molar-refractivity contribution >= 4 is 38.5 Å². The first-order valence-corrected chi connectivity index (χ1v) is 11.2. The summed E-state index contributed by atoms with van der Waals surface area (Å²) in [6.07, 6.45) is -0.636. The molecule has 33 heavy (non-hydrogen) atoms. The minimum absolute atomic E-state index is 0.155. The fourth-order valence-electron chi connectivity index (χ4n) is 3.78. The molecule has 0 spiro atoms. The lowest BCUT2D eigenvalue weighted by Gasteiger charge is -2.19. The van der Waals surface area contributed by atoms with E-state index in [9.17, 15) is 9.59 Å². The minimum atomic E-state index is -0.636. The molecule has 7 nitrogen and oxygen atoms in total. The van der Waals surface area contributed by atoms with Crippen LogP contribution in [0.15, 0.2) is 69.9 Å². The molecule has 0 fully saturated rings. The maximum Gasteiger partial charge on any atom is 0.425 e. The summed E-state index contributed by atoms with van der Waals surface area (Å²) in [6.45, 7) is 5.92. The van der Waals surface area contributed by atoms with Crippen molar-refractivity contribution in [1.82, 2.24) is 15.2 Å². The van der Waals surface area contributed by atoms with Crippen molar-refractivity contribution in [2.24, 2.45) is 0 Å². The fourth-order valence-corrected chi connectivity index (χ4v) is 4.05. The van der Waals surface area contributed by atoms with Crippen molar-refractivity contribution in [2.45, 2.75) is 26.3 Å². The quantitative estimate of drug-likeness (QED) is 0.301. The highest BCUT2D eigenvalue weighted by Gasteiger charge is 2.26. The van der Waals surface area contributed by atoms with Gasteiger partial charge in [-0.3, -0.25) is 15.3 Å². The largest absolute Gasteiger partial charge is 0.452 e. The topological polar surface area (TPSA) is 88.2 Å². The van der Waals surface area contributed by atoms with E-state index < -0.39 is 11.6 Å². The molecule has 4 rings (SSSR count). The Balaban J connectivity index is 2.06. The second kappa shape index (κ2) is 8.78. The Labute approximate surface area is 199 Å². The van der Waals surface area contributed by atoms with E-state index in [2.05, 4.69) is 31.9 Å². The highest BCUT2D eigenvalue weighted by Crippen LogP contribution is 2.39. The fraction of sp³-hybridized carbons (Fsp3) is 0.200. The molecule has 0 radical (unpaired) electrons. The van der Waals surface area contributed by atoms with Crippen LogP contribution in [0.2, 0.25) is 0 Å². The molecule has 170 valence electrons. The number of nitrogens with zero attached hydrogens (tertiary/aromatic N) is 1. The third-order valence-corrected chi connectivity index (χ3v) is 5.89. The summed E-state index contributed by atoms with van der Waals surface area (Å²) in [5, 5.41) is 5.19. The lowest BCUT2D eigenvalue weighted by atomic mass is 9.94. The van der Waals surface area contributed by atoms with E-state index in [1.807, 2.05) is 81.4 Å². The standard InChI is InChI=1S/C25H25BrN4O3/c1-25(2,3)30-23(31)21(22(29-30)16-9-12-17(26)13-10-16)20-18-8-6-5-7-15(18)11-14-19(20)27-28-24(32)33-4/h5-14,27,29H,1-4H3,(H,28,32). The summed E-state index contributed by atoms with van der Waals surface area (Å²) in [5.41, 5.74) is 8.15. The second-order valence-electron chi connectivity index (χ2n) is 8.63. The van der Waals surface area contributed by atoms with Gasteiger partial charge in [-0.25, -0.2) is 14.9 Å². The second-order valence-corrected chi connectivity index (χ2v) is 9.55. The van der Waals surface area contributed by atoms with Crippen LogP contribution in [-0.4, -0.2) is 23.0 Å². The molecule has 0 saturated heterocycles. The molecule has 0 atom stereocenters. The summed E-state index contributed by atoms with van der Waals surface area (Å²) in [5.74, 6) is 0. The summed E-state index contributed by atoms with van der Waals surface area (Å²) in [4.78, 5) is 25.6. The zero-order chi connectivity index (χ0) is 23.8. The SMILES string of the molecule is COC(=O)NNc1ccc2ccccc2c1-c1c(-c2ccc(Br)cc2)[nH]n(C(C)(C)C)c1=O. The van der Waals surface area contributed by atoms with Crippen LogP contribution < -0.4 is 16.4 Å². The van der Waals surface area contributed by atoms with Crippen LogP contribution in [0.1, 0.15) is 20.8 Å². The van der Waals surface area contributed by atoms with Gasteiger partial charge in [-0.05, 0) is 49.7 Å². The molecule has 0 aliphatic rings. The number of aromatic nitrogens is 2. The van der Waals surface area contributed by atoms with Crippen LogP contribution in [0.3, 0.4) is 0 Å². The number of methoxy groups -OCH3 is 1. The van der Waals surface area contributed by atoms with Gasteiger partial charge in [0, 0.05) is 15.6 Å². The van der Waals surface area contributed by atoms with E-state index in [1.165, 1.54) is 7.11 Å². The first-order valence-electron chi connectivity index (χ1n) is 10.4.